The Labute approximate surface area is 268 Å². The van der Waals surface area contributed by atoms with E-state index in [1.54, 1.807) is 40.9 Å². The summed E-state index contributed by atoms with van der Waals surface area (Å²) in [4.78, 5) is 27.8. The Balaban J connectivity index is 1.78. The van der Waals surface area contributed by atoms with E-state index in [2.05, 4.69) is 41.7 Å². The first-order valence-electron chi connectivity index (χ1n) is 14.0. The van der Waals surface area contributed by atoms with Crippen LogP contribution in [-0.4, -0.2) is 41.8 Å². The molecule has 224 valence electrons. The van der Waals surface area contributed by atoms with E-state index in [4.69, 9.17) is 27.9 Å². The van der Waals surface area contributed by atoms with Crippen LogP contribution >= 0.6 is 35.0 Å². The van der Waals surface area contributed by atoms with Gasteiger partial charge in [-0.25, -0.2) is 4.79 Å². The number of amides is 2. The number of nitrogens with zero attached hydrogens (tertiary/aromatic N) is 1. The third-order valence-corrected chi connectivity index (χ3v) is 8.87. The van der Waals surface area contributed by atoms with Gasteiger partial charge in [-0.15, -0.1) is 23.4 Å². The number of hydrogen-bond acceptors (Lipinski definition) is 4. The Morgan fingerprint density at radius 1 is 0.814 bits per heavy atom. The van der Waals surface area contributed by atoms with Crippen LogP contribution in [0.25, 0.3) is 0 Å². The molecule has 0 aliphatic carbocycles. The van der Waals surface area contributed by atoms with Gasteiger partial charge in [0.25, 0.3) is 0 Å². The van der Waals surface area contributed by atoms with Gasteiger partial charge in [-0.2, -0.15) is 0 Å². The highest BCUT2D eigenvalue weighted by molar-refractivity contribution is 8.00. The number of alkyl carbamates (subject to hydrolysis) is 1. The SMILES string of the molecule is CC(C)(C)OC(=O)NC(CSC(c1ccccc1)(c1ccccc1)c1ccccc1)CN(C(=O)CCl)c1cccc(Cl)c1. The summed E-state index contributed by atoms with van der Waals surface area (Å²) in [5.74, 6) is -0.0869. The van der Waals surface area contributed by atoms with Gasteiger partial charge in [-0.05, 0) is 55.7 Å². The van der Waals surface area contributed by atoms with Crippen LogP contribution in [0.2, 0.25) is 5.02 Å². The van der Waals surface area contributed by atoms with Gasteiger partial charge in [-0.1, -0.05) is 109 Å². The van der Waals surface area contributed by atoms with Gasteiger partial charge in [0.15, 0.2) is 0 Å². The first-order valence-corrected chi connectivity index (χ1v) is 15.9. The van der Waals surface area contributed by atoms with E-state index in [-0.39, 0.29) is 18.3 Å². The molecule has 43 heavy (non-hydrogen) atoms. The molecule has 1 unspecified atom stereocenters. The van der Waals surface area contributed by atoms with E-state index in [1.807, 2.05) is 75.4 Å². The number of carbonyl (C=O) groups excluding carboxylic acids is 2. The topological polar surface area (TPSA) is 58.6 Å². The van der Waals surface area contributed by atoms with Crippen molar-refractivity contribution in [2.45, 2.75) is 37.2 Å². The molecule has 0 fully saturated rings. The fourth-order valence-electron chi connectivity index (χ4n) is 4.90. The van der Waals surface area contributed by atoms with Crippen molar-refractivity contribution in [1.82, 2.24) is 5.32 Å². The quantitative estimate of drug-likeness (QED) is 0.133. The number of nitrogens with one attached hydrogen (secondary N) is 1. The van der Waals surface area contributed by atoms with Crippen LogP contribution in [0.4, 0.5) is 10.5 Å². The van der Waals surface area contributed by atoms with Crippen LogP contribution in [0.15, 0.2) is 115 Å². The summed E-state index contributed by atoms with van der Waals surface area (Å²) in [7, 11) is 0. The molecule has 0 heterocycles. The number of rotatable bonds is 11. The van der Waals surface area contributed by atoms with E-state index in [9.17, 15) is 9.59 Å². The number of thioether (sulfide) groups is 1. The molecule has 5 nitrogen and oxygen atoms in total. The maximum absolute atomic E-state index is 13.1. The first kappa shape index (κ1) is 32.5. The van der Waals surface area contributed by atoms with Gasteiger partial charge in [0.1, 0.15) is 11.5 Å². The first-order chi connectivity index (χ1) is 20.6. The standard InChI is InChI=1S/C35H36Cl2N2O3S/c1-34(2,3)42-33(41)38-30(24-39(32(40)23-36)31-21-13-20-29(37)22-31)25-43-35(26-14-7-4-8-15-26,27-16-9-5-10-17-27)28-18-11-6-12-19-28/h4-22,30H,23-25H2,1-3H3,(H,38,41). The van der Waals surface area contributed by atoms with Crippen molar-refractivity contribution >= 4 is 52.7 Å². The smallest absolute Gasteiger partial charge is 0.407 e. The molecule has 0 aliphatic rings. The zero-order valence-corrected chi connectivity index (χ0v) is 26.8. The van der Waals surface area contributed by atoms with Crippen molar-refractivity contribution in [1.29, 1.82) is 0 Å². The second-order valence-corrected chi connectivity index (χ2v) is 13.0. The Hall–Kier alpha value is -3.45. The van der Waals surface area contributed by atoms with E-state index >= 15 is 0 Å². The molecule has 2 amide bonds. The van der Waals surface area contributed by atoms with Gasteiger partial charge in [0, 0.05) is 23.0 Å². The molecule has 0 saturated heterocycles. The molecular weight excluding hydrogens is 599 g/mol. The molecule has 0 radical (unpaired) electrons. The van der Waals surface area contributed by atoms with Gasteiger partial charge < -0.3 is 15.0 Å². The lowest BCUT2D eigenvalue weighted by Crippen LogP contribution is -2.49. The van der Waals surface area contributed by atoms with Crippen LogP contribution < -0.4 is 10.2 Å². The second kappa shape index (κ2) is 14.8. The summed E-state index contributed by atoms with van der Waals surface area (Å²) < 4.78 is 5.02. The lowest BCUT2D eigenvalue weighted by atomic mass is 9.84. The number of alkyl halides is 1. The third-order valence-electron chi connectivity index (χ3n) is 6.70. The lowest BCUT2D eigenvalue weighted by Gasteiger charge is -2.37. The molecule has 0 saturated carbocycles. The van der Waals surface area contributed by atoms with Crippen LogP contribution in [0.3, 0.4) is 0 Å². The summed E-state index contributed by atoms with van der Waals surface area (Å²) in [6.45, 7) is 5.61. The summed E-state index contributed by atoms with van der Waals surface area (Å²) in [6, 6.07) is 37.5. The Morgan fingerprint density at radius 3 is 1.77 bits per heavy atom. The average molecular weight is 636 g/mol. The van der Waals surface area contributed by atoms with Crippen molar-refractivity contribution in [3.8, 4) is 0 Å². The number of anilines is 1. The van der Waals surface area contributed by atoms with Crippen LogP contribution in [0.5, 0.6) is 0 Å². The molecule has 0 bridgehead atoms. The average Bonchev–Trinajstić information content (AvgIpc) is 3.00. The molecule has 1 N–H and O–H groups in total. The molecule has 4 aromatic rings. The highest BCUT2D eigenvalue weighted by Gasteiger charge is 2.38. The second-order valence-electron chi connectivity index (χ2n) is 11.1. The van der Waals surface area contributed by atoms with E-state index in [0.717, 1.165) is 16.7 Å². The van der Waals surface area contributed by atoms with Gasteiger partial charge in [0.2, 0.25) is 5.91 Å². The molecule has 8 heteroatoms. The van der Waals surface area contributed by atoms with Crippen molar-refractivity contribution in [3.63, 3.8) is 0 Å². The lowest BCUT2D eigenvalue weighted by molar-refractivity contribution is -0.116. The predicted octanol–water partition coefficient (Wildman–Crippen LogP) is 8.53. The number of carbonyl (C=O) groups is 2. The molecule has 1 atom stereocenters. The number of benzene rings is 4. The minimum Gasteiger partial charge on any atom is -0.444 e. The van der Waals surface area contributed by atoms with Gasteiger partial charge in [0.05, 0.1) is 10.8 Å². The number of ether oxygens (including phenoxy) is 1. The number of hydrogen-bond donors (Lipinski definition) is 1. The summed E-state index contributed by atoms with van der Waals surface area (Å²) in [5.41, 5.74) is 3.19. The highest BCUT2D eigenvalue weighted by Crippen LogP contribution is 2.48. The van der Waals surface area contributed by atoms with Crippen molar-refractivity contribution in [3.05, 3.63) is 137 Å². The van der Waals surface area contributed by atoms with Crippen LogP contribution in [0.1, 0.15) is 37.5 Å². The van der Waals surface area contributed by atoms with E-state index in [1.165, 1.54) is 0 Å². The Morgan fingerprint density at radius 2 is 1.33 bits per heavy atom. The normalized spacial score (nSPS) is 12.3. The molecular formula is C35H36Cl2N2O3S. The number of halogens is 2. The van der Waals surface area contributed by atoms with Crippen molar-refractivity contribution in [2.24, 2.45) is 0 Å². The zero-order valence-electron chi connectivity index (χ0n) is 24.5. The molecule has 0 aromatic heterocycles. The summed E-state index contributed by atoms with van der Waals surface area (Å²) in [5, 5.41) is 3.54. The third kappa shape index (κ3) is 8.56. The van der Waals surface area contributed by atoms with Crippen molar-refractivity contribution in [2.75, 3.05) is 23.1 Å². The molecule has 4 aromatic carbocycles. The maximum Gasteiger partial charge on any atom is 0.407 e. The van der Waals surface area contributed by atoms with E-state index in [0.29, 0.717) is 16.5 Å². The fourth-order valence-corrected chi connectivity index (χ4v) is 6.77. The summed E-state index contributed by atoms with van der Waals surface area (Å²) in [6.07, 6.45) is -0.563. The molecule has 0 aliphatic heterocycles. The minimum atomic E-state index is -0.692. The predicted molar refractivity (Wildman–Crippen MR) is 179 cm³/mol. The Bertz CT molecular complexity index is 1380. The van der Waals surface area contributed by atoms with Gasteiger partial charge >= 0.3 is 6.09 Å². The highest BCUT2D eigenvalue weighted by atomic mass is 35.5. The van der Waals surface area contributed by atoms with Gasteiger partial charge in [-0.3, -0.25) is 4.79 Å². The molecule has 0 spiro atoms. The Kier molecular flexibility index (Phi) is 11.2. The zero-order chi connectivity index (χ0) is 30.9. The van der Waals surface area contributed by atoms with Crippen molar-refractivity contribution < 1.29 is 14.3 Å². The summed E-state index contributed by atoms with van der Waals surface area (Å²) >= 11 is 14.0. The largest absolute Gasteiger partial charge is 0.444 e. The van der Waals surface area contributed by atoms with Crippen LogP contribution in [0, 0.1) is 0 Å². The maximum atomic E-state index is 13.1. The van der Waals surface area contributed by atoms with Crippen LogP contribution in [-0.2, 0) is 14.3 Å². The minimum absolute atomic E-state index is 0.159. The molecule has 4 rings (SSSR count). The fraction of sp³-hybridized carbons (Fsp3) is 0.257. The monoisotopic (exact) mass is 634 g/mol. The van der Waals surface area contributed by atoms with E-state index < -0.39 is 22.5 Å².